The van der Waals surface area contributed by atoms with Crippen LogP contribution in [0.2, 0.25) is 5.02 Å². The van der Waals surface area contributed by atoms with Crippen molar-refractivity contribution in [1.29, 1.82) is 5.26 Å². The van der Waals surface area contributed by atoms with E-state index in [4.69, 9.17) is 26.5 Å². The van der Waals surface area contributed by atoms with Crippen molar-refractivity contribution < 1.29 is 13.9 Å². The minimum atomic E-state index is -0.287. The monoisotopic (exact) mass is 653 g/mol. The number of furan rings is 1. The average Bonchev–Trinajstić information content (AvgIpc) is 3.56. The first-order valence-electron chi connectivity index (χ1n) is 16.3. The molecule has 1 heterocycles. The maximum atomic E-state index is 13.8. The van der Waals surface area contributed by atoms with Crippen LogP contribution in [0.3, 0.4) is 0 Å². The van der Waals surface area contributed by atoms with Crippen molar-refractivity contribution in [3.05, 3.63) is 111 Å². The van der Waals surface area contributed by atoms with Crippen LogP contribution in [0, 0.1) is 18.3 Å². The van der Waals surface area contributed by atoms with Crippen molar-refractivity contribution >= 4 is 17.5 Å². The molecule has 9 heteroatoms. The van der Waals surface area contributed by atoms with Gasteiger partial charge in [0.05, 0.1) is 41.4 Å². The number of ether oxygens (including phenoxy) is 1. The number of aryl methyl sites for hydroxylation is 1. The molecular weight excluding hydrogens is 610 g/mol. The lowest BCUT2D eigenvalue weighted by Crippen LogP contribution is -2.47. The summed E-state index contributed by atoms with van der Waals surface area (Å²) in [6, 6.07) is 25.8. The number of amides is 1. The van der Waals surface area contributed by atoms with Crippen LogP contribution in [0.25, 0.3) is 11.3 Å². The van der Waals surface area contributed by atoms with Gasteiger partial charge in [0.25, 0.3) is 5.91 Å². The van der Waals surface area contributed by atoms with Crippen LogP contribution >= 0.6 is 11.6 Å². The molecule has 3 aromatic carbocycles. The normalized spacial score (nSPS) is 17.4. The Morgan fingerprint density at radius 2 is 1.79 bits per heavy atom. The zero-order valence-corrected chi connectivity index (χ0v) is 28.1. The first-order chi connectivity index (χ1) is 22.7. The Bertz CT molecular complexity index is 1670. The highest BCUT2D eigenvalue weighted by Crippen LogP contribution is 2.36. The fourth-order valence-electron chi connectivity index (χ4n) is 6.00. The zero-order chi connectivity index (χ0) is 33.3. The van der Waals surface area contributed by atoms with Gasteiger partial charge >= 0.3 is 0 Å². The van der Waals surface area contributed by atoms with Gasteiger partial charge in [-0.2, -0.15) is 5.26 Å². The first-order valence-corrected chi connectivity index (χ1v) is 16.7. The molecule has 1 saturated carbocycles. The van der Waals surface area contributed by atoms with Gasteiger partial charge in [0, 0.05) is 36.8 Å². The molecule has 5 N–H and O–H groups in total. The van der Waals surface area contributed by atoms with E-state index >= 15 is 0 Å². The number of methoxy groups -OCH3 is 1. The highest BCUT2D eigenvalue weighted by Gasteiger charge is 2.23. The van der Waals surface area contributed by atoms with E-state index in [2.05, 4.69) is 60.1 Å². The van der Waals surface area contributed by atoms with E-state index in [-0.39, 0.29) is 29.1 Å². The molecule has 1 aliphatic rings. The molecule has 0 saturated heterocycles. The summed E-state index contributed by atoms with van der Waals surface area (Å²) in [4.78, 5) is 13.8. The molecule has 1 aliphatic carbocycles. The summed E-state index contributed by atoms with van der Waals surface area (Å²) in [6.45, 7) is 5.32. The quantitative estimate of drug-likeness (QED) is 0.124. The van der Waals surface area contributed by atoms with E-state index in [0.717, 1.165) is 37.0 Å². The van der Waals surface area contributed by atoms with E-state index in [0.29, 0.717) is 53.8 Å². The Morgan fingerprint density at radius 3 is 2.47 bits per heavy atom. The van der Waals surface area contributed by atoms with E-state index in [1.54, 1.807) is 31.4 Å². The summed E-state index contributed by atoms with van der Waals surface area (Å²) >= 11 is 6.67. The fraction of sp³-hybridized carbons (Fsp3) is 0.368. The Hall–Kier alpha value is -4.13. The SMILES string of the molecule is COc1cc(Cl)c(C(=O)NC(CNC2CCC(N)CC2)Cc2ccc(C#N)cc2)cc1-c1ccc(CNC(C)c2ccc(C)cc2)o1. The van der Waals surface area contributed by atoms with Gasteiger partial charge in [0.2, 0.25) is 0 Å². The number of nitrogens with one attached hydrogen (secondary N) is 3. The van der Waals surface area contributed by atoms with Gasteiger partial charge in [-0.25, -0.2) is 0 Å². The molecular formula is C38H44ClN5O3. The predicted octanol–water partition coefficient (Wildman–Crippen LogP) is 6.84. The minimum absolute atomic E-state index is 0.145. The third-order valence-corrected chi connectivity index (χ3v) is 9.26. The number of hydrogen-bond donors (Lipinski definition) is 4. The standard InChI is InChI=1S/C38H44ClN5O3/c1-24-4-10-28(11-5-24)25(2)42-23-32-16-17-36(47-32)34-19-33(35(39)20-37(34)46-3)38(45)44-31(18-26-6-8-27(21-40)9-7-26)22-43-30-14-12-29(41)13-15-30/h4-11,16-17,19-20,25,29-31,42-43H,12-15,18,22-23,41H2,1-3H3,(H,44,45). The van der Waals surface area contributed by atoms with Gasteiger partial charge < -0.3 is 30.8 Å². The summed E-state index contributed by atoms with van der Waals surface area (Å²) < 4.78 is 11.9. The molecule has 5 rings (SSSR count). The number of hydrogen-bond acceptors (Lipinski definition) is 7. The Morgan fingerprint density at radius 1 is 1.06 bits per heavy atom. The number of halogens is 1. The summed E-state index contributed by atoms with van der Waals surface area (Å²) in [7, 11) is 1.57. The van der Waals surface area contributed by atoms with Crippen LogP contribution in [0.1, 0.15) is 77.0 Å². The highest BCUT2D eigenvalue weighted by atomic mass is 35.5. The van der Waals surface area contributed by atoms with Gasteiger partial charge in [-0.1, -0.05) is 53.6 Å². The molecule has 0 bridgehead atoms. The number of carbonyl (C=O) groups is 1. The lowest BCUT2D eigenvalue weighted by Gasteiger charge is -2.29. The fourth-order valence-corrected chi connectivity index (χ4v) is 6.24. The summed E-state index contributed by atoms with van der Waals surface area (Å²) in [6.07, 6.45) is 4.60. The number of benzene rings is 3. The van der Waals surface area contributed by atoms with E-state index < -0.39 is 0 Å². The van der Waals surface area contributed by atoms with Crippen molar-refractivity contribution in [1.82, 2.24) is 16.0 Å². The average molecular weight is 654 g/mol. The van der Waals surface area contributed by atoms with Crippen LogP contribution in [-0.4, -0.2) is 37.7 Å². The van der Waals surface area contributed by atoms with Gasteiger partial charge in [0.15, 0.2) is 0 Å². The highest BCUT2D eigenvalue weighted by molar-refractivity contribution is 6.34. The maximum Gasteiger partial charge on any atom is 0.253 e. The zero-order valence-electron chi connectivity index (χ0n) is 27.3. The number of rotatable bonds is 13. The van der Waals surface area contributed by atoms with Crippen LogP contribution in [0.5, 0.6) is 5.75 Å². The van der Waals surface area contributed by atoms with Crippen LogP contribution in [0.15, 0.2) is 77.2 Å². The molecule has 1 fully saturated rings. The second kappa shape index (κ2) is 16.1. The lowest BCUT2D eigenvalue weighted by molar-refractivity contribution is 0.0935. The molecule has 1 aromatic heterocycles. The second-order valence-corrected chi connectivity index (χ2v) is 12.9. The van der Waals surface area contributed by atoms with Crippen molar-refractivity contribution in [3.8, 4) is 23.1 Å². The summed E-state index contributed by atoms with van der Waals surface area (Å²) in [5, 5.41) is 19.9. The van der Waals surface area contributed by atoms with Crippen molar-refractivity contribution in [2.75, 3.05) is 13.7 Å². The van der Waals surface area contributed by atoms with Crippen LogP contribution < -0.4 is 26.4 Å². The maximum absolute atomic E-state index is 13.8. The molecule has 2 unspecified atom stereocenters. The van der Waals surface area contributed by atoms with Crippen molar-refractivity contribution in [2.45, 2.75) is 76.7 Å². The van der Waals surface area contributed by atoms with E-state index in [1.165, 1.54) is 11.1 Å². The third-order valence-electron chi connectivity index (χ3n) is 8.95. The molecule has 2 atom stereocenters. The van der Waals surface area contributed by atoms with Crippen LogP contribution in [-0.2, 0) is 13.0 Å². The largest absolute Gasteiger partial charge is 0.496 e. The number of nitrogens with zero attached hydrogens (tertiary/aromatic N) is 1. The van der Waals surface area contributed by atoms with E-state index in [1.807, 2.05) is 24.3 Å². The lowest BCUT2D eigenvalue weighted by atomic mass is 9.91. The number of nitrogens with two attached hydrogens (primary N) is 1. The molecule has 47 heavy (non-hydrogen) atoms. The molecule has 0 spiro atoms. The molecule has 1 amide bonds. The first kappa shape index (κ1) is 34.2. The van der Waals surface area contributed by atoms with Gasteiger partial charge in [-0.3, -0.25) is 4.79 Å². The summed E-state index contributed by atoms with van der Waals surface area (Å²) in [5.74, 6) is 1.57. The molecule has 0 aliphatic heterocycles. The molecule has 246 valence electrons. The number of nitriles is 1. The van der Waals surface area contributed by atoms with Gasteiger partial charge in [-0.05, 0) is 87.4 Å². The number of carbonyl (C=O) groups excluding carboxylic acids is 1. The summed E-state index contributed by atoms with van der Waals surface area (Å²) in [5.41, 5.74) is 11.1. The minimum Gasteiger partial charge on any atom is -0.496 e. The Kier molecular flexibility index (Phi) is 11.7. The third kappa shape index (κ3) is 9.24. The van der Waals surface area contributed by atoms with Crippen LogP contribution in [0.4, 0.5) is 0 Å². The van der Waals surface area contributed by atoms with E-state index in [9.17, 15) is 10.1 Å². The van der Waals surface area contributed by atoms with Gasteiger partial charge in [-0.15, -0.1) is 0 Å². The van der Waals surface area contributed by atoms with Gasteiger partial charge in [0.1, 0.15) is 17.3 Å². The Balaban J connectivity index is 1.31. The predicted molar refractivity (Wildman–Crippen MR) is 186 cm³/mol. The smallest absolute Gasteiger partial charge is 0.253 e. The Labute approximate surface area is 282 Å². The second-order valence-electron chi connectivity index (χ2n) is 12.5. The van der Waals surface area contributed by atoms with Crippen molar-refractivity contribution in [2.24, 2.45) is 5.73 Å². The van der Waals surface area contributed by atoms with Crippen molar-refractivity contribution in [3.63, 3.8) is 0 Å². The topological polar surface area (TPSA) is 125 Å². The molecule has 4 aromatic rings. The molecule has 0 radical (unpaired) electrons. The molecule has 8 nitrogen and oxygen atoms in total.